The summed E-state index contributed by atoms with van der Waals surface area (Å²) in [6.07, 6.45) is 4.10. The van der Waals surface area contributed by atoms with E-state index in [2.05, 4.69) is 5.32 Å². The van der Waals surface area contributed by atoms with Gasteiger partial charge < -0.3 is 5.32 Å². The molecule has 2 rings (SSSR count). The van der Waals surface area contributed by atoms with Crippen molar-refractivity contribution in [3.8, 4) is 0 Å². The highest BCUT2D eigenvalue weighted by Crippen LogP contribution is 2.28. The number of likely N-dealkylation sites (N-methyl/N-ethyl adjacent to an activating group) is 1. The number of hydrogen-bond donors (Lipinski definition) is 1. The lowest BCUT2D eigenvalue weighted by Crippen LogP contribution is -2.53. The molecule has 1 aliphatic rings. The van der Waals surface area contributed by atoms with Crippen molar-refractivity contribution in [2.75, 3.05) is 7.05 Å². The fourth-order valence-electron chi connectivity index (χ4n) is 2.63. The number of carbonyl (C=O) groups is 1. The Kier molecular flexibility index (Phi) is 3.57. The maximum Gasteiger partial charge on any atom is 0.153 e. The van der Waals surface area contributed by atoms with Gasteiger partial charge in [-0.3, -0.25) is 4.79 Å². The molecule has 17 heavy (non-hydrogen) atoms. The summed E-state index contributed by atoms with van der Waals surface area (Å²) < 4.78 is 13.1. The number of halogens is 1. The summed E-state index contributed by atoms with van der Waals surface area (Å²) in [5, 5.41) is 3.16. The fourth-order valence-corrected chi connectivity index (χ4v) is 2.63. The first kappa shape index (κ1) is 12.2. The Morgan fingerprint density at radius 1 is 1.41 bits per heavy atom. The van der Waals surface area contributed by atoms with Gasteiger partial charge in [0, 0.05) is 6.42 Å². The lowest BCUT2D eigenvalue weighted by Gasteiger charge is -2.35. The molecular weight excluding hydrogens is 217 g/mol. The van der Waals surface area contributed by atoms with Crippen LogP contribution in [-0.2, 0) is 11.2 Å². The number of nitrogens with one attached hydrogen (secondary N) is 1. The van der Waals surface area contributed by atoms with Crippen LogP contribution in [0, 0.1) is 5.82 Å². The third-order valence-corrected chi connectivity index (χ3v) is 3.66. The van der Waals surface area contributed by atoms with Gasteiger partial charge in [-0.2, -0.15) is 0 Å². The molecule has 1 saturated carbocycles. The Labute approximate surface area is 101 Å². The van der Waals surface area contributed by atoms with Crippen LogP contribution in [0.25, 0.3) is 0 Å². The molecule has 1 aliphatic carbocycles. The van der Waals surface area contributed by atoms with Gasteiger partial charge in [-0.1, -0.05) is 18.6 Å². The molecule has 0 spiro atoms. The zero-order valence-electron chi connectivity index (χ0n) is 10.1. The normalized spacial score (nSPS) is 24.9. The summed E-state index contributed by atoms with van der Waals surface area (Å²) in [5.74, 6) is 0.0209. The smallest absolute Gasteiger partial charge is 0.153 e. The number of carbonyl (C=O) groups excluding carboxylic acids is 1. The summed E-state index contributed by atoms with van der Waals surface area (Å²) in [6, 6.07) is 6.52. The van der Waals surface area contributed by atoms with Crippen LogP contribution in [0.2, 0.25) is 0 Å². The van der Waals surface area contributed by atoms with Gasteiger partial charge >= 0.3 is 0 Å². The first-order valence-corrected chi connectivity index (χ1v) is 6.13. The zero-order chi connectivity index (χ0) is 12.3. The summed E-state index contributed by atoms with van der Waals surface area (Å²) in [4.78, 5) is 12.1. The minimum Gasteiger partial charge on any atom is -0.308 e. The van der Waals surface area contributed by atoms with Gasteiger partial charge in [-0.15, -0.1) is 0 Å². The van der Waals surface area contributed by atoms with Crippen molar-refractivity contribution in [3.63, 3.8) is 0 Å². The first-order chi connectivity index (χ1) is 8.16. The maximum atomic E-state index is 13.1. The largest absolute Gasteiger partial charge is 0.308 e. The van der Waals surface area contributed by atoms with Crippen LogP contribution >= 0.6 is 0 Å². The van der Waals surface area contributed by atoms with E-state index in [1.807, 2.05) is 13.1 Å². The topological polar surface area (TPSA) is 29.1 Å². The van der Waals surface area contributed by atoms with E-state index in [-0.39, 0.29) is 11.6 Å². The van der Waals surface area contributed by atoms with Gasteiger partial charge in [0.15, 0.2) is 5.78 Å². The van der Waals surface area contributed by atoms with E-state index in [0.717, 1.165) is 24.8 Å². The minimum absolute atomic E-state index is 0.239. The van der Waals surface area contributed by atoms with Crippen LogP contribution < -0.4 is 5.32 Å². The molecular formula is C14H18FNO. The Morgan fingerprint density at radius 3 is 2.88 bits per heavy atom. The Hall–Kier alpha value is -1.22. The number of benzene rings is 1. The molecule has 0 aliphatic heterocycles. The molecule has 0 unspecified atom stereocenters. The summed E-state index contributed by atoms with van der Waals surface area (Å²) in [5.41, 5.74) is 0.404. The van der Waals surface area contributed by atoms with E-state index >= 15 is 0 Å². The second kappa shape index (κ2) is 4.96. The molecule has 1 N–H and O–H groups in total. The van der Waals surface area contributed by atoms with Gasteiger partial charge in [0.25, 0.3) is 0 Å². The highest BCUT2D eigenvalue weighted by Gasteiger charge is 2.38. The number of hydrogen-bond acceptors (Lipinski definition) is 2. The van der Waals surface area contributed by atoms with Gasteiger partial charge in [-0.25, -0.2) is 4.39 Å². The number of Topliss-reactive ketones (excluding diaryl/α,β-unsaturated/α-hetero) is 1. The SMILES string of the molecule is CN[C@]1(Cc2cccc(F)c2)CCCCC1=O. The van der Waals surface area contributed by atoms with Crippen molar-refractivity contribution < 1.29 is 9.18 Å². The quantitative estimate of drug-likeness (QED) is 0.872. The average Bonchev–Trinajstić information content (AvgIpc) is 2.32. The molecule has 2 nitrogen and oxygen atoms in total. The van der Waals surface area contributed by atoms with Crippen molar-refractivity contribution in [2.24, 2.45) is 0 Å². The van der Waals surface area contributed by atoms with Crippen LogP contribution in [0.4, 0.5) is 4.39 Å². The monoisotopic (exact) mass is 235 g/mol. The van der Waals surface area contributed by atoms with Crippen molar-refractivity contribution in [1.29, 1.82) is 0 Å². The molecule has 0 saturated heterocycles. The summed E-state index contributed by atoms with van der Waals surface area (Å²) in [7, 11) is 1.82. The van der Waals surface area contributed by atoms with Crippen molar-refractivity contribution in [2.45, 2.75) is 37.6 Å². The second-order valence-electron chi connectivity index (χ2n) is 4.77. The Morgan fingerprint density at radius 2 is 2.24 bits per heavy atom. The van der Waals surface area contributed by atoms with Crippen LogP contribution in [-0.4, -0.2) is 18.4 Å². The van der Waals surface area contributed by atoms with Gasteiger partial charge in [0.2, 0.25) is 0 Å². The molecule has 0 heterocycles. The lowest BCUT2D eigenvalue weighted by atomic mass is 9.76. The highest BCUT2D eigenvalue weighted by atomic mass is 19.1. The minimum atomic E-state index is -0.480. The van der Waals surface area contributed by atoms with E-state index in [0.29, 0.717) is 12.8 Å². The van der Waals surface area contributed by atoms with Crippen molar-refractivity contribution >= 4 is 5.78 Å². The first-order valence-electron chi connectivity index (χ1n) is 6.13. The summed E-state index contributed by atoms with van der Waals surface area (Å²) in [6.45, 7) is 0. The molecule has 1 fully saturated rings. The molecule has 0 bridgehead atoms. The standard InChI is InChI=1S/C14H18FNO/c1-16-14(8-3-2-7-13(14)17)10-11-5-4-6-12(15)9-11/h4-6,9,16H,2-3,7-8,10H2,1H3/t14-/m0/s1. The van der Waals surface area contributed by atoms with E-state index in [4.69, 9.17) is 0 Å². The molecule has 0 amide bonds. The second-order valence-corrected chi connectivity index (χ2v) is 4.77. The maximum absolute atomic E-state index is 13.1. The zero-order valence-corrected chi connectivity index (χ0v) is 10.1. The average molecular weight is 235 g/mol. The third-order valence-electron chi connectivity index (χ3n) is 3.66. The van der Waals surface area contributed by atoms with Crippen LogP contribution in [0.5, 0.6) is 0 Å². The Bertz CT molecular complexity index is 418. The Balaban J connectivity index is 2.21. The van der Waals surface area contributed by atoms with Crippen LogP contribution in [0.1, 0.15) is 31.2 Å². The molecule has 1 atom stereocenters. The van der Waals surface area contributed by atoms with E-state index in [9.17, 15) is 9.18 Å². The highest BCUT2D eigenvalue weighted by molar-refractivity contribution is 5.89. The summed E-state index contributed by atoms with van der Waals surface area (Å²) >= 11 is 0. The van der Waals surface area contributed by atoms with Crippen molar-refractivity contribution in [1.82, 2.24) is 5.32 Å². The molecule has 1 aromatic carbocycles. The molecule has 0 aromatic heterocycles. The molecule has 92 valence electrons. The number of ketones is 1. The van der Waals surface area contributed by atoms with E-state index < -0.39 is 5.54 Å². The van der Waals surface area contributed by atoms with Crippen LogP contribution in [0.15, 0.2) is 24.3 Å². The van der Waals surface area contributed by atoms with Crippen molar-refractivity contribution in [3.05, 3.63) is 35.6 Å². The van der Waals surface area contributed by atoms with Gasteiger partial charge in [0.05, 0.1) is 5.54 Å². The molecule has 3 heteroatoms. The predicted molar refractivity (Wildman–Crippen MR) is 65.4 cm³/mol. The van der Waals surface area contributed by atoms with Gasteiger partial charge in [-0.05, 0) is 44.0 Å². The van der Waals surface area contributed by atoms with E-state index in [1.54, 1.807) is 6.07 Å². The third kappa shape index (κ3) is 2.55. The molecule has 1 aromatic rings. The molecule has 0 radical (unpaired) electrons. The van der Waals surface area contributed by atoms with E-state index in [1.165, 1.54) is 12.1 Å². The van der Waals surface area contributed by atoms with Gasteiger partial charge in [0.1, 0.15) is 5.82 Å². The lowest BCUT2D eigenvalue weighted by molar-refractivity contribution is -0.127. The number of rotatable bonds is 3. The van der Waals surface area contributed by atoms with Crippen LogP contribution in [0.3, 0.4) is 0 Å². The fraction of sp³-hybridized carbons (Fsp3) is 0.500. The predicted octanol–water partition coefficient (Wildman–Crippen LogP) is 2.47.